The average molecular weight is 274 g/mol. The molecular formula is C15H18N2O3. The summed E-state index contributed by atoms with van der Waals surface area (Å²) in [6, 6.07) is 6.52. The molecule has 5 nitrogen and oxygen atoms in total. The maximum Gasteiger partial charge on any atom is 0.331 e. The minimum Gasteiger partial charge on any atom is -0.479 e. The molecule has 1 saturated heterocycles. The molecular weight excluding hydrogens is 256 g/mol. The number of hydrogen-bond donors (Lipinski definition) is 1. The van der Waals surface area contributed by atoms with Gasteiger partial charge >= 0.3 is 12.0 Å². The number of benzene rings is 1. The summed E-state index contributed by atoms with van der Waals surface area (Å²) in [5.41, 5.74) is 1.78. The summed E-state index contributed by atoms with van der Waals surface area (Å²) in [4.78, 5) is 27.4. The number of rotatable bonds is 1. The zero-order valence-corrected chi connectivity index (χ0v) is 11.3. The summed E-state index contributed by atoms with van der Waals surface area (Å²) in [5, 5.41) is 9.53. The van der Waals surface area contributed by atoms with E-state index in [0.29, 0.717) is 6.54 Å². The molecule has 1 atom stereocenters. The minimum absolute atomic E-state index is 0.135. The van der Waals surface area contributed by atoms with Gasteiger partial charge in [0.2, 0.25) is 0 Å². The fraction of sp³-hybridized carbons (Fsp3) is 0.467. The number of nitrogens with zero attached hydrogens (tertiary/aromatic N) is 2. The Hall–Kier alpha value is -2.04. The molecule has 0 aromatic heterocycles. The highest BCUT2D eigenvalue weighted by Gasteiger charge is 2.38. The van der Waals surface area contributed by atoms with Gasteiger partial charge in [0.25, 0.3) is 0 Å². The number of urea groups is 1. The fourth-order valence-corrected chi connectivity index (χ4v) is 3.13. The Morgan fingerprint density at radius 3 is 2.50 bits per heavy atom. The van der Waals surface area contributed by atoms with Gasteiger partial charge in [0, 0.05) is 19.6 Å². The zero-order chi connectivity index (χ0) is 14.1. The maximum absolute atomic E-state index is 12.5. The van der Waals surface area contributed by atoms with Crippen molar-refractivity contribution in [2.75, 3.05) is 19.6 Å². The number of carboxylic acids is 1. The summed E-state index contributed by atoms with van der Waals surface area (Å²) in [6.07, 6.45) is 2.74. The molecule has 1 N–H and O–H groups in total. The van der Waals surface area contributed by atoms with Gasteiger partial charge in [0.05, 0.1) is 0 Å². The van der Waals surface area contributed by atoms with Crippen molar-refractivity contribution in [1.82, 2.24) is 9.80 Å². The molecule has 0 bridgehead atoms. The van der Waals surface area contributed by atoms with E-state index in [4.69, 9.17) is 0 Å². The van der Waals surface area contributed by atoms with Crippen molar-refractivity contribution in [3.63, 3.8) is 0 Å². The molecule has 5 heteroatoms. The second-order valence-corrected chi connectivity index (χ2v) is 5.36. The Kier molecular flexibility index (Phi) is 3.34. The monoisotopic (exact) mass is 274 g/mol. The van der Waals surface area contributed by atoms with Crippen LogP contribution in [0.5, 0.6) is 0 Å². The highest BCUT2D eigenvalue weighted by atomic mass is 16.4. The smallest absolute Gasteiger partial charge is 0.331 e. The Balaban J connectivity index is 1.92. The normalized spacial score (nSPS) is 21.7. The summed E-state index contributed by atoms with van der Waals surface area (Å²) in [5.74, 6) is -0.954. The van der Waals surface area contributed by atoms with E-state index < -0.39 is 12.0 Å². The SMILES string of the molecule is O=C(O)C1c2ccccc2CCN1C(=O)N1CCCC1. The number of carbonyl (C=O) groups is 2. The van der Waals surface area contributed by atoms with Crippen LogP contribution in [-0.2, 0) is 11.2 Å². The van der Waals surface area contributed by atoms with E-state index in [-0.39, 0.29) is 6.03 Å². The van der Waals surface area contributed by atoms with Crippen molar-refractivity contribution >= 4 is 12.0 Å². The molecule has 1 aromatic carbocycles. The Morgan fingerprint density at radius 2 is 1.80 bits per heavy atom. The van der Waals surface area contributed by atoms with Crippen LogP contribution < -0.4 is 0 Å². The quantitative estimate of drug-likeness (QED) is 0.850. The molecule has 2 heterocycles. The molecule has 0 spiro atoms. The van der Waals surface area contributed by atoms with Gasteiger partial charge < -0.3 is 14.9 Å². The van der Waals surface area contributed by atoms with Crippen LogP contribution in [0, 0.1) is 0 Å². The summed E-state index contributed by atoms with van der Waals surface area (Å²) < 4.78 is 0. The van der Waals surface area contributed by atoms with Gasteiger partial charge in [-0.2, -0.15) is 0 Å². The third kappa shape index (κ3) is 2.13. The van der Waals surface area contributed by atoms with E-state index in [1.807, 2.05) is 24.3 Å². The van der Waals surface area contributed by atoms with E-state index in [9.17, 15) is 14.7 Å². The number of carboxylic acid groups (broad SMARTS) is 1. The molecule has 2 aliphatic heterocycles. The van der Waals surface area contributed by atoms with Crippen LogP contribution in [0.15, 0.2) is 24.3 Å². The van der Waals surface area contributed by atoms with Crippen LogP contribution >= 0.6 is 0 Å². The van der Waals surface area contributed by atoms with Gasteiger partial charge in [-0.3, -0.25) is 0 Å². The molecule has 2 aliphatic rings. The van der Waals surface area contributed by atoms with E-state index in [2.05, 4.69) is 0 Å². The number of hydrogen-bond acceptors (Lipinski definition) is 2. The van der Waals surface area contributed by atoms with Crippen molar-refractivity contribution in [2.45, 2.75) is 25.3 Å². The molecule has 1 fully saturated rings. The third-order valence-electron chi connectivity index (χ3n) is 4.14. The topological polar surface area (TPSA) is 60.9 Å². The van der Waals surface area contributed by atoms with E-state index in [1.54, 1.807) is 4.90 Å². The molecule has 20 heavy (non-hydrogen) atoms. The van der Waals surface area contributed by atoms with Crippen molar-refractivity contribution in [2.24, 2.45) is 0 Å². The van der Waals surface area contributed by atoms with E-state index in [1.165, 1.54) is 4.90 Å². The third-order valence-corrected chi connectivity index (χ3v) is 4.14. The minimum atomic E-state index is -0.954. The lowest BCUT2D eigenvalue weighted by molar-refractivity contribution is -0.143. The van der Waals surface area contributed by atoms with Crippen molar-refractivity contribution < 1.29 is 14.7 Å². The fourth-order valence-electron chi connectivity index (χ4n) is 3.13. The van der Waals surface area contributed by atoms with Gasteiger partial charge in [-0.15, -0.1) is 0 Å². The van der Waals surface area contributed by atoms with Crippen molar-refractivity contribution in [1.29, 1.82) is 0 Å². The first-order valence-electron chi connectivity index (χ1n) is 7.04. The first kappa shape index (κ1) is 13.0. The van der Waals surface area contributed by atoms with Gasteiger partial charge in [0.1, 0.15) is 0 Å². The molecule has 0 radical (unpaired) electrons. The summed E-state index contributed by atoms with van der Waals surface area (Å²) in [6.45, 7) is 1.95. The summed E-state index contributed by atoms with van der Waals surface area (Å²) >= 11 is 0. The number of carbonyl (C=O) groups excluding carboxylic acids is 1. The lowest BCUT2D eigenvalue weighted by Gasteiger charge is -2.37. The van der Waals surface area contributed by atoms with Crippen LogP contribution in [0.2, 0.25) is 0 Å². The molecule has 1 unspecified atom stereocenters. The lowest BCUT2D eigenvalue weighted by Crippen LogP contribution is -2.49. The van der Waals surface area contributed by atoms with Crippen molar-refractivity contribution in [3.05, 3.63) is 35.4 Å². The van der Waals surface area contributed by atoms with E-state index in [0.717, 1.165) is 43.5 Å². The largest absolute Gasteiger partial charge is 0.479 e. The molecule has 106 valence electrons. The Bertz CT molecular complexity index is 538. The van der Waals surface area contributed by atoms with Crippen LogP contribution in [0.4, 0.5) is 4.79 Å². The average Bonchev–Trinajstić information content (AvgIpc) is 2.99. The number of aliphatic carboxylic acids is 1. The van der Waals surface area contributed by atoms with Crippen LogP contribution in [0.25, 0.3) is 0 Å². The van der Waals surface area contributed by atoms with Crippen molar-refractivity contribution in [3.8, 4) is 0 Å². The van der Waals surface area contributed by atoms with Gasteiger partial charge in [-0.1, -0.05) is 24.3 Å². The summed E-state index contributed by atoms with van der Waals surface area (Å²) in [7, 11) is 0. The van der Waals surface area contributed by atoms with Gasteiger partial charge in [-0.25, -0.2) is 9.59 Å². The van der Waals surface area contributed by atoms with Crippen LogP contribution in [0.3, 0.4) is 0 Å². The lowest BCUT2D eigenvalue weighted by atomic mass is 9.93. The van der Waals surface area contributed by atoms with E-state index >= 15 is 0 Å². The highest BCUT2D eigenvalue weighted by molar-refractivity contribution is 5.85. The highest BCUT2D eigenvalue weighted by Crippen LogP contribution is 2.31. The molecule has 2 amide bonds. The molecule has 3 rings (SSSR count). The first-order valence-corrected chi connectivity index (χ1v) is 7.04. The number of likely N-dealkylation sites (tertiary alicyclic amines) is 1. The zero-order valence-electron chi connectivity index (χ0n) is 11.3. The second kappa shape index (κ2) is 5.15. The Labute approximate surface area is 117 Å². The molecule has 1 aromatic rings. The standard InChI is InChI=1S/C15H18N2O3/c18-14(19)13-12-6-2-1-5-11(12)7-10-17(13)15(20)16-8-3-4-9-16/h1-2,5-6,13H,3-4,7-10H2,(H,18,19). The predicted octanol–water partition coefficient (Wildman–Crippen LogP) is 1.89. The maximum atomic E-state index is 12.5. The number of amides is 2. The second-order valence-electron chi connectivity index (χ2n) is 5.36. The van der Waals surface area contributed by atoms with Gasteiger partial charge in [-0.05, 0) is 30.4 Å². The van der Waals surface area contributed by atoms with Crippen LogP contribution in [-0.4, -0.2) is 46.5 Å². The van der Waals surface area contributed by atoms with Gasteiger partial charge in [0.15, 0.2) is 6.04 Å². The first-order chi connectivity index (χ1) is 9.68. The molecule has 0 saturated carbocycles. The predicted molar refractivity (Wildman–Crippen MR) is 73.4 cm³/mol. The Morgan fingerprint density at radius 1 is 1.10 bits per heavy atom. The van der Waals surface area contributed by atoms with Crippen LogP contribution in [0.1, 0.15) is 30.0 Å². The molecule has 0 aliphatic carbocycles. The number of fused-ring (bicyclic) bond motifs is 1.